The van der Waals surface area contributed by atoms with Gasteiger partial charge in [-0.2, -0.15) is 0 Å². The fraction of sp³-hybridized carbons (Fsp3) is 0.364. The first-order valence-electron chi connectivity index (χ1n) is 9.79. The first kappa shape index (κ1) is 17.1. The fourth-order valence-corrected chi connectivity index (χ4v) is 4.18. The highest BCUT2D eigenvalue weighted by molar-refractivity contribution is 5.86. The number of carbonyl (C=O) groups excluding carboxylic acids is 1. The number of aromatic nitrogens is 1. The van der Waals surface area contributed by atoms with Crippen molar-refractivity contribution in [1.29, 1.82) is 0 Å². The van der Waals surface area contributed by atoms with Crippen LogP contribution in [0.5, 0.6) is 11.5 Å². The molecule has 0 saturated heterocycles. The molecule has 144 valence electrons. The van der Waals surface area contributed by atoms with E-state index in [1.807, 2.05) is 47.4 Å². The van der Waals surface area contributed by atoms with Crippen LogP contribution in [0.4, 0.5) is 0 Å². The topological polar surface area (TPSA) is 64.8 Å². The van der Waals surface area contributed by atoms with Crippen molar-refractivity contribution in [3.63, 3.8) is 0 Å². The smallest absolute Gasteiger partial charge is 0.231 e. The summed E-state index contributed by atoms with van der Waals surface area (Å²) in [6.07, 6.45) is 4.69. The zero-order valence-electron chi connectivity index (χ0n) is 15.6. The lowest BCUT2D eigenvalue weighted by Gasteiger charge is -2.29. The summed E-state index contributed by atoms with van der Waals surface area (Å²) in [6.45, 7) is 0.819. The predicted molar refractivity (Wildman–Crippen MR) is 103 cm³/mol. The van der Waals surface area contributed by atoms with Gasteiger partial charge in [0, 0.05) is 18.0 Å². The van der Waals surface area contributed by atoms with E-state index in [0.717, 1.165) is 35.3 Å². The molecule has 1 aliphatic heterocycles. The SMILES string of the molecule is O=C(Cc1noc2ccccc12)N(Cc1ccc2c(c1)OCO2)C1CCCC1. The van der Waals surface area contributed by atoms with Crippen molar-refractivity contribution < 1.29 is 18.8 Å². The van der Waals surface area contributed by atoms with Crippen molar-refractivity contribution in [2.75, 3.05) is 6.79 Å². The van der Waals surface area contributed by atoms with Crippen LogP contribution in [0.1, 0.15) is 36.9 Å². The van der Waals surface area contributed by atoms with Crippen LogP contribution in [0.15, 0.2) is 47.0 Å². The molecule has 0 N–H and O–H groups in total. The Balaban J connectivity index is 1.39. The Morgan fingerprint density at radius 1 is 1.07 bits per heavy atom. The van der Waals surface area contributed by atoms with E-state index in [9.17, 15) is 4.79 Å². The highest BCUT2D eigenvalue weighted by Crippen LogP contribution is 2.34. The number of fused-ring (bicyclic) bond motifs is 2. The minimum Gasteiger partial charge on any atom is -0.454 e. The van der Waals surface area contributed by atoms with E-state index < -0.39 is 0 Å². The quantitative estimate of drug-likeness (QED) is 0.670. The zero-order chi connectivity index (χ0) is 18.9. The van der Waals surface area contributed by atoms with Crippen LogP contribution in [-0.2, 0) is 17.8 Å². The lowest BCUT2D eigenvalue weighted by Crippen LogP contribution is -2.39. The molecule has 28 heavy (non-hydrogen) atoms. The predicted octanol–water partition coefficient (Wildman–Crippen LogP) is 4.07. The maximum Gasteiger partial charge on any atom is 0.231 e. The van der Waals surface area contributed by atoms with Gasteiger partial charge in [-0.15, -0.1) is 0 Å². The number of nitrogens with zero attached hydrogens (tertiary/aromatic N) is 2. The summed E-state index contributed by atoms with van der Waals surface area (Å²) in [7, 11) is 0. The summed E-state index contributed by atoms with van der Waals surface area (Å²) in [5.41, 5.74) is 2.47. The van der Waals surface area contributed by atoms with Crippen molar-refractivity contribution in [2.45, 2.75) is 44.7 Å². The summed E-state index contributed by atoms with van der Waals surface area (Å²) in [6, 6.07) is 13.8. The lowest BCUT2D eigenvalue weighted by molar-refractivity contribution is -0.133. The number of hydrogen-bond acceptors (Lipinski definition) is 5. The lowest BCUT2D eigenvalue weighted by atomic mass is 10.1. The molecule has 1 amide bonds. The highest BCUT2D eigenvalue weighted by Gasteiger charge is 2.28. The molecular weight excluding hydrogens is 356 g/mol. The van der Waals surface area contributed by atoms with Crippen LogP contribution in [0.25, 0.3) is 11.0 Å². The fourth-order valence-electron chi connectivity index (χ4n) is 4.18. The average molecular weight is 378 g/mol. The molecule has 0 unspecified atom stereocenters. The van der Waals surface area contributed by atoms with Crippen LogP contribution in [0.2, 0.25) is 0 Å². The van der Waals surface area contributed by atoms with Crippen molar-refractivity contribution in [2.24, 2.45) is 0 Å². The minimum absolute atomic E-state index is 0.0867. The average Bonchev–Trinajstić information content (AvgIpc) is 3.47. The maximum atomic E-state index is 13.3. The molecule has 1 aliphatic carbocycles. The van der Waals surface area contributed by atoms with Gasteiger partial charge in [0.25, 0.3) is 0 Å². The first-order chi connectivity index (χ1) is 13.8. The zero-order valence-corrected chi connectivity index (χ0v) is 15.6. The van der Waals surface area contributed by atoms with Gasteiger partial charge in [-0.05, 0) is 42.7 Å². The van der Waals surface area contributed by atoms with Gasteiger partial charge < -0.3 is 18.9 Å². The summed E-state index contributed by atoms with van der Waals surface area (Å²) in [5, 5.41) is 5.05. The van der Waals surface area contributed by atoms with Gasteiger partial charge in [0.1, 0.15) is 5.69 Å². The third-order valence-corrected chi connectivity index (χ3v) is 5.65. The first-order valence-corrected chi connectivity index (χ1v) is 9.79. The van der Waals surface area contributed by atoms with Crippen molar-refractivity contribution in [3.05, 3.63) is 53.7 Å². The second-order valence-electron chi connectivity index (χ2n) is 7.45. The van der Waals surface area contributed by atoms with Gasteiger partial charge in [0.15, 0.2) is 17.1 Å². The van der Waals surface area contributed by atoms with E-state index in [2.05, 4.69) is 5.16 Å². The molecule has 0 spiro atoms. The Morgan fingerprint density at radius 3 is 2.79 bits per heavy atom. The van der Waals surface area contributed by atoms with Crippen molar-refractivity contribution in [1.82, 2.24) is 10.1 Å². The Hall–Kier alpha value is -3.02. The standard InChI is InChI=1S/C22H22N2O4/c25-22(12-18-17-7-3-4-8-19(17)28-23-18)24(16-5-1-2-6-16)13-15-9-10-20-21(11-15)27-14-26-20/h3-4,7-11,16H,1-2,5-6,12-14H2. The molecule has 3 aromatic rings. The Kier molecular flexibility index (Phi) is 4.39. The number of carbonyl (C=O) groups is 1. The van der Waals surface area contributed by atoms with E-state index in [0.29, 0.717) is 17.8 Å². The molecule has 2 aliphatic rings. The molecule has 0 bridgehead atoms. The van der Waals surface area contributed by atoms with Gasteiger partial charge in [-0.1, -0.05) is 36.2 Å². The summed E-state index contributed by atoms with van der Waals surface area (Å²) < 4.78 is 16.3. The van der Waals surface area contributed by atoms with E-state index in [1.165, 1.54) is 12.8 Å². The van der Waals surface area contributed by atoms with E-state index in [4.69, 9.17) is 14.0 Å². The van der Waals surface area contributed by atoms with Crippen LogP contribution in [0.3, 0.4) is 0 Å². The number of hydrogen-bond donors (Lipinski definition) is 0. The summed E-state index contributed by atoms with van der Waals surface area (Å²) in [5.74, 6) is 1.60. The number of benzene rings is 2. The number of ether oxygens (including phenoxy) is 2. The van der Waals surface area contributed by atoms with Crippen LogP contribution >= 0.6 is 0 Å². The third-order valence-electron chi connectivity index (χ3n) is 5.65. The molecule has 1 saturated carbocycles. The second-order valence-corrected chi connectivity index (χ2v) is 7.45. The van der Waals surface area contributed by atoms with Crippen LogP contribution in [0, 0.1) is 0 Å². The Morgan fingerprint density at radius 2 is 1.89 bits per heavy atom. The maximum absolute atomic E-state index is 13.3. The largest absolute Gasteiger partial charge is 0.454 e. The molecule has 1 fully saturated rings. The van der Waals surface area contributed by atoms with Gasteiger partial charge in [-0.3, -0.25) is 4.79 Å². The minimum atomic E-state index is 0.0867. The summed E-state index contributed by atoms with van der Waals surface area (Å²) in [4.78, 5) is 15.3. The molecule has 6 nitrogen and oxygen atoms in total. The van der Waals surface area contributed by atoms with Gasteiger partial charge >= 0.3 is 0 Å². The molecule has 2 aromatic carbocycles. The van der Waals surface area contributed by atoms with E-state index >= 15 is 0 Å². The molecule has 0 atom stereocenters. The molecule has 2 heterocycles. The number of rotatable bonds is 5. The second kappa shape index (κ2) is 7.19. The van der Waals surface area contributed by atoms with Gasteiger partial charge in [-0.25, -0.2) is 0 Å². The Labute approximate surface area is 163 Å². The van der Waals surface area contributed by atoms with E-state index in [1.54, 1.807) is 0 Å². The van der Waals surface area contributed by atoms with Gasteiger partial charge in [0.05, 0.1) is 6.42 Å². The molecular formula is C22H22N2O4. The molecule has 5 rings (SSSR count). The van der Waals surface area contributed by atoms with Crippen molar-refractivity contribution >= 4 is 16.9 Å². The third kappa shape index (κ3) is 3.19. The van der Waals surface area contributed by atoms with E-state index in [-0.39, 0.29) is 25.2 Å². The molecule has 1 aromatic heterocycles. The highest BCUT2D eigenvalue weighted by atomic mass is 16.7. The molecule has 0 radical (unpaired) electrons. The number of para-hydroxylation sites is 1. The Bertz CT molecular complexity index is 1010. The van der Waals surface area contributed by atoms with Gasteiger partial charge in [0.2, 0.25) is 12.7 Å². The normalized spacial score (nSPS) is 16.0. The van der Waals surface area contributed by atoms with Crippen LogP contribution in [-0.4, -0.2) is 28.8 Å². The molecule has 6 heteroatoms. The monoisotopic (exact) mass is 378 g/mol. The summed E-state index contributed by atoms with van der Waals surface area (Å²) >= 11 is 0. The van der Waals surface area contributed by atoms with Crippen LogP contribution < -0.4 is 9.47 Å². The number of amides is 1. The van der Waals surface area contributed by atoms with Crippen molar-refractivity contribution in [3.8, 4) is 11.5 Å².